The number of nitrogens with two attached hydrogens (primary N) is 1. The van der Waals surface area contributed by atoms with Crippen LogP contribution in [0.5, 0.6) is 0 Å². The van der Waals surface area contributed by atoms with E-state index in [4.69, 9.17) is 5.73 Å². The Bertz CT molecular complexity index is 1100. The van der Waals surface area contributed by atoms with Crippen LogP contribution in [0.25, 0.3) is 5.57 Å². The maximum Gasteiger partial charge on any atom is 0.416 e. The molecule has 36 heavy (non-hydrogen) atoms. The lowest BCUT2D eigenvalue weighted by atomic mass is 9.82. The van der Waals surface area contributed by atoms with Crippen molar-refractivity contribution in [3.05, 3.63) is 77.3 Å². The van der Waals surface area contributed by atoms with Crippen LogP contribution in [-0.2, 0) is 6.54 Å². The van der Waals surface area contributed by atoms with Crippen LogP contribution in [0.4, 0.5) is 23.4 Å². The first-order chi connectivity index (χ1) is 17.1. The van der Waals surface area contributed by atoms with Crippen molar-refractivity contribution in [1.29, 1.82) is 0 Å². The number of aromatic nitrogens is 1. The molecular formula is C28H34F4N4. The molecule has 194 valence electrons. The van der Waals surface area contributed by atoms with Crippen molar-refractivity contribution in [3.63, 3.8) is 0 Å². The molecule has 1 fully saturated rings. The average molecular weight is 503 g/mol. The van der Waals surface area contributed by atoms with E-state index < -0.39 is 17.8 Å². The number of anilines is 1. The predicted octanol–water partition coefficient (Wildman–Crippen LogP) is 6.22. The van der Waals surface area contributed by atoms with Crippen molar-refractivity contribution >= 4 is 11.4 Å². The Kier molecular flexibility index (Phi) is 8.15. The number of nitrogens with one attached hydrogen (secondary N) is 2. The third-order valence-electron chi connectivity index (χ3n) is 7.49. The van der Waals surface area contributed by atoms with Gasteiger partial charge in [-0.15, -0.1) is 0 Å². The summed E-state index contributed by atoms with van der Waals surface area (Å²) in [5.74, 6) is -0.0235. The van der Waals surface area contributed by atoms with Gasteiger partial charge < -0.3 is 16.4 Å². The number of hydrogen-bond acceptors (Lipinski definition) is 4. The lowest BCUT2D eigenvalue weighted by molar-refractivity contribution is -0.0885. The molecule has 0 saturated heterocycles. The maximum atomic E-state index is 14.0. The maximum absolute atomic E-state index is 14.0. The van der Waals surface area contributed by atoms with Gasteiger partial charge in [0.15, 0.2) is 0 Å². The van der Waals surface area contributed by atoms with Crippen LogP contribution in [0.3, 0.4) is 0 Å². The summed E-state index contributed by atoms with van der Waals surface area (Å²) in [6.45, 7) is 4.17. The van der Waals surface area contributed by atoms with Crippen LogP contribution in [0, 0.1) is 17.7 Å². The molecule has 3 atom stereocenters. The number of nitrogens with zero attached hydrogens (tertiary/aromatic N) is 1. The highest BCUT2D eigenvalue weighted by Crippen LogP contribution is 2.40. The molecule has 4 nitrogen and oxygen atoms in total. The Morgan fingerprint density at radius 3 is 2.50 bits per heavy atom. The predicted molar refractivity (Wildman–Crippen MR) is 136 cm³/mol. The van der Waals surface area contributed by atoms with Gasteiger partial charge in [0.25, 0.3) is 0 Å². The Labute approximate surface area is 210 Å². The van der Waals surface area contributed by atoms with Gasteiger partial charge in [0.1, 0.15) is 11.6 Å². The summed E-state index contributed by atoms with van der Waals surface area (Å²) in [6, 6.07) is 9.65. The molecule has 0 spiro atoms. The number of allylic oxidation sites excluding steroid dienone is 3. The van der Waals surface area contributed by atoms with E-state index in [9.17, 15) is 17.6 Å². The zero-order valence-corrected chi connectivity index (χ0v) is 20.7. The SMILES string of the molecule is CC1C(c2ccnc(NC3CCC(N)CC3)c2)=CC(C(F)(F)F)=CC(NCc2cccc(F)c2)C1C. The van der Waals surface area contributed by atoms with Crippen molar-refractivity contribution in [3.8, 4) is 0 Å². The lowest BCUT2D eigenvalue weighted by Gasteiger charge is -2.29. The van der Waals surface area contributed by atoms with Gasteiger partial charge in [-0.05, 0) is 84.6 Å². The van der Waals surface area contributed by atoms with E-state index in [-0.39, 0.29) is 36.3 Å². The van der Waals surface area contributed by atoms with Crippen molar-refractivity contribution in [2.45, 2.75) is 70.4 Å². The van der Waals surface area contributed by atoms with Gasteiger partial charge in [-0.2, -0.15) is 13.2 Å². The van der Waals surface area contributed by atoms with Gasteiger partial charge in [0.2, 0.25) is 0 Å². The van der Waals surface area contributed by atoms with Crippen molar-refractivity contribution < 1.29 is 17.6 Å². The molecule has 3 unspecified atom stereocenters. The minimum atomic E-state index is -4.50. The number of rotatable bonds is 6. The first kappa shape index (κ1) is 26.4. The third-order valence-corrected chi connectivity index (χ3v) is 7.49. The molecule has 8 heteroatoms. The highest BCUT2D eigenvalue weighted by molar-refractivity contribution is 5.72. The molecule has 2 aliphatic carbocycles. The smallest absolute Gasteiger partial charge is 0.367 e. The Morgan fingerprint density at radius 2 is 1.81 bits per heavy atom. The van der Waals surface area contributed by atoms with Gasteiger partial charge in [0, 0.05) is 30.9 Å². The third kappa shape index (κ3) is 6.53. The second kappa shape index (κ2) is 11.1. The normalized spacial score (nSPS) is 27.1. The first-order valence-corrected chi connectivity index (χ1v) is 12.6. The van der Waals surface area contributed by atoms with Crippen LogP contribution in [0.2, 0.25) is 0 Å². The van der Waals surface area contributed by atoms with Crippen molar-refractivity contribution in [2.24, 2.45) is 17.6 Å². The van der Waals surface area contributed by atoms with Crippen molar-refractivity contribution in [1.82, 2.24) is 10.3 Å². The number of halogens is 4. The molecule has 4 rings (SSSR count). The van der Waals surface area contributed by atoms with E-state index in [0.717, 1.165) is 31.2 Å². The minimum Gasteiger partial charge on any atom is -0.367 e. The monoisotopic (exact) mass is 502 g/mol. The molecule has 2 aliphatic rings. The highest BCUT2D eigenvalue weighted by Gasteiger charge is 2.37. The summed E-state index contributed by atoms with van der Waals surface area (Å²) >= 11 is 0. The standard InChI is InChI=1S/C28H34F4N4/c1-17-18(2)26(35-16-19-4-3-5-22(29)12-19)15-21(28(30,31)32)14-25(17)20-10-11-34-27(13-20)36-24-8-6-23(33)7-9-24/h3-5,10-15,17-18,23-24,26,35H,6-9,16,33H2,1-2H3,(H,34,36). The summed E-state index contributed by atoms with van der Waals surface area (Å²) in [7, 11) is 0. The average Bonchev–Trinajstić information content (AvgIpc) is 2.96. The van der Waals surface area contributed by atoms with E-state index in [1.54, 1.807) is 24.4 Å². The molecule has 1 aromatic heterocycles. The van der Waals surface area contributed by atoms with Gasteiger partial charge in [-0.3, -0.25) is 0 Å². The fraction of sp³-hybridized carbons (Fsp3) is 0.464. The molecule has 4 N–H and O–H groups in total. The Hall–Kier alpha value is -2.71. The molecule has 0 bridgehead atoms. The van der Waals surface area contributed by atoms with Gasteiger partial charge in [-0.1, -0.05) is 32.1 Å². The largest absolute Gasteiger partial charge is 0.416 e. The van der Waals surface area contributed by atoms with Crippen LogP contribution in [0.1, 0.15) is 50.7 Å². The van der Waals surface area contributed by atoms with E-state index in [1.165, 1.54) is 24.3 Å². The second-order valence-corrected chi connectivity index (χ2v) is 10.1. The van der Waals surface area contributed by atoms with Gasteiger partial charge in [0.05, 0.1) is 5.57 Å². The van der Waals surface area contributed by atoms with E-state index in [0.29, 0.717) is 17.0 Å². The van der Waals surface area contributed by atoms with Gasteiger partial charge in [-0.25, -0.2) is 9.37 Å². The Balaban J connectivity index is 1.57. The molecule has 1 heterocycles. The highest BCUT2D eigenvalue weighted by atomic mass is 19.4. The minimum absolute atomic E-state index is 0.144. The molecule has 0 radical (unpaired) electrons. The van der Waals surface area contributed by atoms with E-state index in [2.05, 4.69) is 15.6 Å². The fourth-order valence-electron chi connectivity index (χ4n) is 5.10. The zero-order valence-electron chi connectivity index (χ0n) is 20.7. The molecular weight excluding hydrogens is 468 g/mol. The summed E-state index contributed by atoms with van der Waals surface area (Å²) in [6.07, 6.45) is 3.46. The molecule has 0 amide bonds. The fourth-order valence-corrected chi connectivity index (χ4v) is 5.10. The zero-order chi connectivity index (χ0) is 25.9. The first-order valence-electron chi connectivity index (χ1n) is 12.6. The number of hydrogen-bond donors (Lipinski definition) is 3. The summed E-state index contributed by atoms with van der Waals surface area (Å²) in [5.41, 5.74) is 7.35. The quantitative estimate of drug-likeness (QED) is 0.411. The second-order valence-electron chi connectivity index (χ2n) is 10.1. The lowest BCUT2D eigenvalue weighted by Crippen LogP contribution is -2.36. The van der Waals surface area contributed by atoms with Crippen molar-refractivity contribution in [2.75, 3.05) is 5.32 Å². The topological polar surface area (TPSA) is 63.0 Å². The van der Waals surface area contributed by atoms with Crippen LogP contribution in [0.15, 0.2) is 60.3 Å². The number of pyridine rings is 1. The number of benzene rings is 1. The molecule has 2 aromatic rings. The van der Waals surface area contributed by atoms with E-state index in [1.807, 2.05) is 19.9 Å². The Morgan fingerprint density at radius 1 is 1.06 bits per heavy atom. The summed E-state index contributed by atoms with van der Waals surface area (Å²) in [4.78, 5) is 4.42. The van der Waals surface area contributed by atoms with Gasteiger partial charge >= 0.3 is 6.18 Å². The molecule has 1 saturated carbocycles. The van der Waals surface area contributed by atoms with E-state index >= 15 is 0 Å². The van der Waals surface area contributed by atoms with Crippen LogP contribution in [-0.4, -0.2) is 29.3 Å². The van der Waals surface area contributed by atoms with Crippen LogP contribution < -0.4 is 16.4 Å². The summed E-state index contributed by atoms with van der Waals surface area (Å²) in [5, 5.41) is 6.66. The van der Waals surface area contributed by atoms with Crippen LogP contribution >= 0.6 is 0 Å². The summed E-state index contributed by atoms with van der Waals surface area (Å²) < 4.78 is 55.7. The molecule has 1 aromatic carbocycles. The molecule has 0 aliphatic heterocycles. The number of alkyl halides is 3.